The number of rotatable bonds is 1. The minimum absolute atomic E-state index is 0.0216. The Bertz CT molecular complexity index is 657. The highest BCUT2D eigenvalue weighted by Crippen LogP contribution is 2.53. The molecule has 1 aliphatic carbocycles. The normalized spacial score (nSPS) is 43.0. The van der Waals surface area contributed by atoms with E-state index >= 15 is 0 Å². The summed E-state index contributed by atoms with van der Waals surface area (Å²) in [5, 5.41) is 26.3. The first kappa shape index (κ1) is 22.3. The summed E-state index contributed by atoms with van der Waals surface area (Å²) in [7, 11) is 0. The van der Waals surface area contributed by atoms with Crippen LogP contribution in [0.15, 0.2) is 36.0 Å². The molecule has 5 atom stereocenters. The first-order valence-corrected chi connectivity index (χ1v) is 12.5. The Labute approximate surface area is 183 Å². The molecule has 0 aromatic carbocycles. The predicted octanol–water partition coefficient (Wildman–Crippen LogP) is 3.96. The Morgan fingerprint density at radius 3 is 2.47 bits per heavy atom. The number of hydrogen-bond donors (Lipinski definition) is 3. The zero-order valence-corrected chi connectivity index (χ0v) is 18.7. The van der Waals surface area contributed by atoms with Crippen LogP contribution in [0, 0.1) is 11.3 Å². The molecule has 0 amide bonds. The summed E-state index contributed by atoms with van der Waals surface area (Å²) in [6, 6.07) is 0.0498. The van der Waals surface area contributed by atoms with Crippen LogP contribution in [0.2, 0.25) is 0 Å². The summed E-state index contributed by atoms with van der Waals surface area (Å²) < 4.78 is 0. The number of piperidine rings is 1. The molecular formula is C26H42N2O2. The molecule has 0 radical (unpaired) electrons. The topological polar surface area (TPSA) is 55.7 Å². The lowest BCUT2D eigenvalue weighted by Crippen LogP contribution is -2.69. The Morgan fingerprint density at radius 1 is 0.933 bits per heavy atom. The molecule has 1 fully saturated rings. The van der Waals surface area contributed by atoms with E-state index in [-0.39, 0.29) is 18.1 Å². The van der Waals surface area contributed by atoms with Crippen molar-refractivity contribution in [2.45, 2.75) is 82.3 Å². The van der Waals surface area contributed by atoms with Gasteiger partial charge in [0.05, 0.1) is 12.2 Å². The van der Waals surface area contributed by atoms with Gasteiger partial charge >= 0.3 is 0 Å². The Balaban J connectivity index is 1.78. The van der Waals surface area contributed by atoms with Crippen LogP contribution >= 0.6 is 0 Å². The van der Waals surface area contributed by atoms with Crippen molar-refractivity contribution in [3.05, 3.63) is 36.0 Å². The molecule has 1 spiro atoms. The molecule has 0 saturated carbocycles. The average molecular weight is 415 g/mol. The fourth-order valence-corrected chi connectivity index (χ4v) is 6.76. The van der Waals surface area contributed by atoms with Gasteiger partial charge in [0.15, 0.2) is 0 Å². The molecule has 30 heavy (non-hydrogen) atoms. The number of nitrogens with zero attached hydrogens (tertiary/aromatic N) is 1. The van der Waals surface area contributed by atoms with E-state index in [1.54, 1.807) is 0 Å². The fraction of sp³-hybridized carbons (Fsp3) is 0.769. The Hall–Kier alpha value is -0.940. The van der Waals surface area contributed by atoms with Gasteiger partial charge in [-0.3, -0.25) is 0 Å². The maximum absolute atomic E-state index is 12.1. The van der Waals surface area contributed by atoms with E-state index in [2.05, 4.69) is 40.6 Å². The van der Waals surface area contributed by atoms with E-state index < -0.39 is 5.60 Å². The lowest BCUT2D eigenvalue weighted by atomic mass is 9.53. The molecule has 1 unspecified atom stereocenters. The van der Waals surface area contributed by atoms with Gasteiger partial charge in [-0.05, 0) is 108 Å². The number of aliphatic hydroxyl groups excluding tert-OH is 1. The number of hydrogen-bond acceptors (Lipinski definition) is 4. The quantitative estimate of drug-likeness (QED) is 0.569. The van der Waals surface area contributed by atoms with Crippen LogP contribution in [0.5, 0.6) is 0 Å². The van der Waals surface area contributed by atoms with Crippen molar-refractivity contribution >= 4 is 0 Å². The molecule has 168 valence electrons. The largest absolute Gasteiger partial charge is 0.392 e. The smallest absolute Gasteiger partial charge is 0.0992 e. The van der Waals surface area contributed by atoms with E-state index in [1.165, 1.54) is 19.3 Å². The molecule has 4 aliphatic rings. The van der Waals surface area contributed by atoms with Gasteiger partial charge < -0.3 is 20.4 Å². The minimum Gasteiger partial charge on any atom is -0.392 e. The van der Waals surface area contributed by atoms with Gasteiger partial charge in [0.25, 0.3) is 0 Å². The van der Waals surface area contributed by atoms with E-state index in [0.717, 1.165) is 83.1 Å². The van der Waals surface area contributed by atoms with Gasteiger partial charge in [0.1, 0.15) is 0 Å². The van der Waals surface area contributed by atoms with Gasteiger partial charge in [-0.15, -0.1) is 0 Å². The molecule has 0 aromatic rings. The van der Waals surface area contributed by atoms with Crippen LogP contribution in [-0.4, -0.2) is 59.5 Å². The number of allylic oxidation sites excluding steroid dienone is 4. The lowest BCUT2D eigenvalue weighted by Gasteiger charge is -2.60. The van der Waals surface area contributed by atoms with Crippen molar-refractivity contribution in [3.63, 3.8) is 0 Å². The molecule has 4 rings (SSSR count). The molecule has 3 heterocycles. The highest BCUT2D eigenvalue weighted by atomic mass is 16.3. The summed E-state index contributed by atoms with van der Waals surface area (Å²) in [5.74, 6) is 0.367. The van der Waals surface area contributed by atoms with Gasteiger partial charge in [0.2, 0.25) is 0 Å². The van der Waals surface area contributed by atoms with Crippen LogP contribution in [0.3, 0.4) is 0 Å². The molecule has 0 aromatic heterocycles. The van der Waals surface area contributed by atoms with Crippen LogP contribution in [0.4, 0.5) is 0 Å². The molecule has 4 heteroatoms. The second-order valence-corrected chi connectivity index (χ2v) is 10.1. The van der Waals surface area contributed by atoms with Crippen molar-refractivity contribution in [1.82, 2.24) is 10.2 Å². The summed E-state index contributed by atoms with van der Waals surface area (Å²) in [6.45, 7) is 4.35. The van der Waals surface area contributed by atoms with Crippen molar-refractivity contribution in [3.8, 4) is 0 Å². The van der Waals surface area contributed by atoms with E-state index in [1.807, 2.05) is 0 Å². The Morgan fingerprint density at radius 2 is 1.67 bits per heavy atom. The lowest BCUT2D eigenvalue weighted by molar-refractivity contribution is -0.0904. The van der Waals surface area contributed by atoms with Gasteiger partial charge in [-0.2, -0.15) is 0 Å². The maximum atomic E-state index is 12.1. The summed E-state index contributed by atoms with van der Waals surface area (Å²) in [5.41, 5.74) is 0.174. The highest BCUT2D eigenvalue weighted by Gasteiger charge is 2.58. The van der Waals surface area contributed by atoms with Gasteiger partial charge in [0, 0.05) is 18.0 Å². The Kier molecular flexibility index (Phi) is 7.51. The standard InChI is InChI=1S/C26H42N2O2/c29-20-22-19-26(30)15-10-6-2-4-8-12-17-28-18-13-23(22)25(21-28)14-9-5-1-3-7-11-16-27-24(25)26/h1-2,5-6,19,23-24,27,29-30H,3-4,7-18,20-21H2/b5-1-,6-2-/t23-,24+,25-,26-/m1/s1. The van der Waals surface area contributed by atoms with E-state index in [4.69, 9.17) is 0 Å². The van der Waals surface area contributed by atoms with E-state index in [0.29, 0.717) is 5.92 Å². The van der Waals surface area contributed by atoms with E-state index in [9.17, 15) is 10.2 Å². The van der Waals surface area contributed by atoms with Crippen LogP contribution in [0.25, 0.3) is 0 Å². The third-order valence-electron chi connectivity index (χ3n) is 8.15. The van der Waals surface area contributed by atoms with Crippen molar-refractivity contribution in [2.24, 2.45) is 11.3 Å². The predicted molar refractivity (Wildman–Crippen MR) is 123 cm³/mol. The molecule has 4 nitrogen and oxygen atoms in total. The molecule has 3 aliphatic heterocycles. The number of nitrogens with one attached hydrogen (secondary N) is 1. The minimum atomic E-state index is -0.895. The monoisotopic (exact) mass is 414 g/mol. The van der Waals surface area contributed by atoms with Gasteiger partial charge in [-0.1, -0.05) is 24.3 Å². The zero-order chi connectivity index (χ0) is 20.9. The first-order valence-electron chi connectivity index (χ1n) is 12.5. The van der Waals surface area contributed by atoms with Crippen molar-refractivity contribution < 1.29 is 10.2 Å². The van der Waals surface area contributed by atoms with Crippen LogP contribution in [-0.2, 0) is 0 Å². The maximum Gasteiger partial charge on any atom is 0.0992 e. The summed E-state index contributed by atoms with van der Waals surface area (Å²) in [4.78, 5) is 2.66. The van der Waals surface area contributed by atoms with Crippen LogP contribution < -0.4 is 5.32 Å². The molecule has 1 saturated heterocycles. The summed E-state index contributed by atoms with van der Waals surface area (Å²) >= 11 is 0. The van der Waals surface area contributed by atoms with Crippen LogP contribution in [0.1, 0.15) is 70.6 Å². The molecular weight excluding hydrogens is 372 g/mol. The fourth-order valence-electron chi connectivity index (χ4n) is 6.76. The second-order valence-electron chi connectivity index (χ2n) is 10.1. The first-order chi connectivity index (χ1) is 14.7. The number of aliphatic hydroxyl groups is 2. The van der Waals surface area contributed by atoms with Crippen molar-refractivity contribution in [1.29, 1.82) is 0 Å². The molecule has 3 N–H and O–H groups in total. The highest BCUT2D eigenvalue weighted by molar-refractivity contribution is 5.31. The number of fused-ring (bicyclic) bond motifs is 1. The third-order valence-corrected chi connectivity index (χ3v) is 8.15. The third kappa shape index (κ3) is 4.62. The average Bonchev–Trinajstić information content (AvgIpc) is 2.79. The molecule has 3 bridgehead atoms. The summed E-state index contributed by atoms with van der Waals surface area (Å²) in [6.07, 6.45) is 23.4. The van der Waals surface area contributed by atoms with Crippen molar-refractivity contribution in [2.75, 3.05) is 32.8 Å². The van der Waals surface area contributed by atoms with Gasteiger partial charge in [-0.25, -0.2) is 0 Å². The zero-order valence-electron chi connectivity index (χ0n) is 18.7. The second kappa shape index (κ2) is 10.1. The SMILES string of the molecule is OCC1=C[C@]2(O)CC/C=C\CCCCN3CC[C@H]1[C@@]1(CC/C=C\CCCCN[C@@H]12)C3.